The number of aromatic hydroxyl groups is 1. The van der Waals surface area contributed by atoms with Gasteiger partial charge in [0.15, 0.2) is 0 Å². The Hall–Kier alpha value is -2.10. The predicted molar refractivity (Wildman–Crippen MR) is 64.1 cm³/mol. The smallest absolute Gasteiger partial charge is 0.309 e. The largest absolute Gasteiger partial charge is 0.507 e. The van der Waals surface area contributed by atoms with Gasteiger partial charge in [-0.3, -0.25) is 9.78 Å². The van der Waals surface area contributed by atoms with Crippen LogP contribution in [0.2, 0.25) is 0 Å². The molecule has 4 heteroatoms. The van der Waals surface area contributed by atoms with E-state index in [-0.39, 0.29) is 12.2 Å². The van der Waals surface area contributed by atoms with Gasteiger partial charge >= 0.3 is 5.97 Å². The maximum atomic E-state index is 10.6. The second-order valence-corrected chi connectivity index (χ2v) is 3.91. The second-order valence-electron chi connectivity index (χ2n) is 3.91. The average molecular weight is 231 g/mol. The lowest BCUT2D eigenvalue weighted by molar-refractivity contribution is -0.136. The third-order valence-corrected chi connectivity index (χ3v) is 2.65. The fourth-order valence-electron chi connectivity index (χ4n) is 1.77. The van der Waals surface area contributed by atoms with Gasteiger partial charge in [-0.15, -0.1) is 0 Å². The van der Waals surface area contributed by atoms with Crippen molar-refractivity contribution < 1.29 is 15.0 Å². The number of carboxylic acid groups (broad SMARTS) is 1. The summed E-state index contributed by atoms with van der Waals surface area (Å²) in [6.45, 7) is 2.03. The lowest BCUT2D eigenvalue weighted by Gasteiger charge is -2.05. The first kappa shape index (κ1) is 11.4. The molecule has 2 N–H and O–H groups in total. The first-order valence-electron chi connectivity index (χ1n) is 5.43. The van der Waals surface area contributed by atoms with Gasteiger partial charge in [-0.2, -0.15) is 0 Å². The molecule has 0 amide bonds. The van der Waals surface area contributed by atoms with E-state index in [9.17, 15) is 9.90 Å². The number of pyridine rings is 1. The number of carboxylic acids is 1. The van der Waals surface area contributed by atoms with Crippen LogP contribution in [0.4, 0.5) is 0 Å². The summed E-state index contributed by atoms with van der Waals surface area (Å²) in [6, 6.07) is 7.02. The van der Waals surface area contributed by atoms with E-state index in [0.717, 1.165) is 12.0 Å². The van der Waals surface area contributed by atoms with Gasteiger partial charge in [-0.1, -0.05) is 13.0 Å². The van der Waals surface area contributed by atoms with Crippen LogP contribution in [0.1, 0.15) is 18.2 Å². The van der Waals surface area contributed by atoms with Gasteiger partial charge in [0.1, 0.15) is 5.75 Å². The van der Waals surface area contributed by atoms with Crippen molar-refractivity contribution in [2.24, 2.45) is 0 Å². The number of nitrogens with zero attached hydrogens (tertiary/aromatic N) is 1. The molecule has 2 aromatic rings. The summed E-state index contributed by atoms with van der Waals surface area (Å²) in [5.74, 6) is -0.878. The molecule has 0 bridgehead atoms. The maximum absolute atomic E-state index is 10.6. The minimum atomic E-state index is -0.956. The number of aliphatic carboxylic acids is 1. The van der Waals surface area contributed by atoms with Gasteiger partial charge in [0.05, 0.1) is 17.6 Å². The molecule has 17 heavy (non-hydrogen) atoms. The van der Waals surface area contributed by atoms with E-state index in [1.165, 1.54) is 6.07 Å². The number of rotatable bonds is 3. The van der Waals surface area contributed by atoms with Crippen molar-refractivity contribution in [1.82, 2.24) is 4.98 Å². The Balaban J connectivity index is 2.57. The van der Waals surface area contributed by atoms with Gasteiger partial charge in [-0.05, 0) is 24.1 Å². The summed E-state index contributed by atoms with van der Waals surface area (Å²) in [5, 5.41) is 19.2. The van der Waals surface area contributed by atoms with Gasteiger partial charge in [0, 0.05) is 11.5 Å². The molecular weight excluding hydrogens is 218 g/mol. The van der Waals surface area contributed by atoms with Crippen molar-refractivity contribution in [3.05, 3.63) is 35.5 Å². The molecule has 0 unspecified atom stereocenters. The van der Waals surface area contributed by atoms with Crippen LogP contribution in [0.25, 0.3) is 10.9 Å². The minimum Gasteiger partial charge on any atom is -0.507 e. The Morgan fingerprint density at radius 3 is 2.76 bits per heavy atom. The molecule has 1 aromatic heterocycles. The van der Waals surface area contributed by atoms with E-state index in [4.69, 9.17) is 5.11 Å². The maximum Gasteiger partial charge on any atom is 0.309 e. The third-order valence-electron chi connectivity index (χ3n) is 2.65. The molecule has 0 aliphatic rings. The van der Waals surface area contributed by atoms with Crippen LogP contribution in [-0.4, -0.2) is 21.2 Å². The Labute approximate surface area is 98.5 Å². The second kappa shape index (κ2) is 4.41. The summed E-state index contributed by atoms with van der Waals surface area (Å²) >= 11 is 0. The summed E-state index contributed by atoms with van der Waals surface area (Å²) in [7, 11) is 0. The number of hydrogen-bond acceptors (Lipinski definition) is 3. The van der Waals surface area contributed by atoms with Crippen LogP contribution < -0.4 is 0 Å². The monoisotopic (exact) mass is 231 g/mol. The number of carbonyl (C=O) groups is 1. The molecule has 2 rings (SSSR count). The highest BCUT2D eigenvalue weighted by atomic mass is 16.4. The lowest BCUT2D eigenvalue weighted by atomic mass is 10.1. The van der Waals surface area contributed by atoms with E-state index in [0.29, 0.717) is 16.6 Å². The Kier molecular flexibility index (Phi) is 2.95. The molecule has 0 radical (unpaired) electrons. The zero-order valence-electron chi connectivity index (χ0n) is 9.47. The molecule has 0 atom stereocenters. The third kappa shape index (κ3) is 2.36. The minimum absolute atomic E-state index is 0.0777. The van der Waals surface area contributed by atoms with Gasteiger partial charge in [-0.25, -0.2) is 0 Å². The lowest BCUT2D eigenvalue weighted by Crippen LogP contribution is -2.02. The quantitative estimate of drug-likeness (QED) is 0.848. The first-order valence-corrected chi connectivity index (χ1v) is 5.43. The van der Waals surface area contributed by atoms with Crippen molar-refractivity contribution in [2.75, 3.05) is 0 Å². The van der Waals surface area contributed by atoms with E-state index < -0.39 is 5.97 Å². The zero-order valence-corrected chi connectivity index (χ0v) is 9.47. The van der Waals surface area contributed by atoms with E-state index in [1.807, 2.05) is 19.1 Å². The standard InChI is InChI=1S/C13H13NO3/c1-2-8-3-4-10-11(5-8)14-9(6-12(10)15)7-13(16)17/h3-6H,2,7H2,1H3,(H,14,15)(H,16,17). The van der Waals surface area contributed by atoms with Crippen molar-refractivity contribution in [2.45, 2.75) is 19.8 Å². The van der Waals surface area contributed by atoms with Crippen molar-refractivity contribution >= 4 is 16.9 Å². The van der Waals surface area contributed by atoms with E-state index in [1.54, 1.807) is 6.07 Å². The van der Waals surface area contributed by atoms with E-state index in [2.05, 4.69) is 4.98 Å². The van der Waals surface area contributed by atoms with Crippen LogP contribution in [0.5, 0.6) is 5.75 Å². The topological polar surface area (TPSA) is 70.4 Å². The highest BCUT2D eigenvalue weighted by molar-refractivity contribution is 5.86. The van der Waals surface area contributed by atoms with Crippen LogP contribution >= 0.6 is 0 Å². The number of hydrogen-bond donors (Lipinski definition) is 2. The van der Waals surface area contributed by atoms with Crippen LogP contribution in [0, 0.1) is 0 Å². The molecule has 0 spiro atoms. The first-order chi connectivity index (χ1) is 8.10. The predicted octanol–water partition coefficient (Wildman–Crippen LogP) is 2.13. The molecular formula is C13H13NO3. The molecule has 0 aliphatic heterocycles. The number of aromatic nitrogens is 1. The number of benzene rings is 1. The summed E-state index contributed by atoms with van der Waals surface area (Å²) in [4.78, 5) is 14.9. The molecule has 0 saturated carbocycles. The van der Waals surface area contributed by atoms with Gasteiger partial charge in [0.25, 0.3) is 0 Å². The summed E-state index contributed by atoms with van der Waals surface area (Å²) in [5.41, 5.74) is 2.12. The SMILES string of the molecule is CCc1ccc2c(O)cc(CC(=O)O)nc2c1. The summed E-state index contributed by atoms with van der Waals surface area (Å²) < 4.78 is 0. The zero-order chi connectivity index (χ0) is 12.4. The fourth-order valence-corrected chi connectivity index (χ4v) is 1.77. The Bertz CT molecular complexity index is 578. The molecule has 0 aliphatic carbocycles. The van der Waals surface area contributed by atoms with Crippen LogP contribution in [-0.2, 0) is 17.6 Å². The molecule has 0 saturated heterocycles. The van der Waals surface area contributed by atoms with E-state index >= 15 is 0 Å². The molecule has 1 heterocycles. The fraction of sp³-hybridized carbons (Fsp3) is 0.231. The molecule has 0 fully saturated rings. The van der Waals surface area contributed by atoms with Crippen molar-refractivity contribution in [1.29, 1.82) is 0 Å². The highest BCUT2D eigenvalue weighted by Gasteiger charge is 2.08. The Morgan fingerprint density at radius 2 is 2.12 bits per heavy atom. The van der Waals surface area contributed by atoms with Crippen LogP contribution in [0.15, 0.2) is 24.3 Å². The van der Waals surface area contributed by atoms with Gasteiger partial charge in [0.2, 0.25) is 0 Å². The Morgan fingerprint density at radius 1 is 1.35 bits per heavy atom. The average Bonchev–Trinajstić information content (AvgIpc) is 2.27. The normalized spacial score (nSPS) is 10.6. The van der Waals surface area contributed by atoms with Gasteiger partial charge < -0.3 is 10.2 Å². The molecule has 1 aromatic carbocycles. The van der Waals surface area contributed by atoms with Crippen LogP contribution in [0.3, 0.4) is 0 Å². The van der Waals surface area contributed by atoms with Crippen molar-refractivity contribution in [3.8, 4) is 5.75 Å². The van der Waals surface area contributed by atoms with Crippen molar-refractivity contribution in [3.63, 3.8) is 0 Å². The summed E-state index contributed by atoms with van der Waals surface area (Å²) in [6.07, 6.45) is 0.696. The molecule has 88 valence electrons. The molecule has 4 nitrogen and oxygen atoms in total. The number of fused-ring (bicyclic) bond motifs is 1. The number of aryl methyl sites for hydroxylation is 1. The highest BCUT2D eigenvalue weighted by Crippen LogP contribution is 2.25.